The van der Waals surface area contributed by atoms with Crippen LogP contribution < -0.4 is 30.7 Å². The quantitative estimate of drug-likeness (QED) is 0.0759. The van der Waals surface area contributed by atoms with Crippen molar-refractivity contribution in [2.75, 3.05) is 60.6 Å². The predicted molar refractivity (Wildman–Crippen MR) is 269 cm³/mol. The monoisotopic (exact) mass is 1120 g/mol. The number of cyclic esters (lactones) is 3. The van der Waals surface area contributed by atoms with E-state index in [1.165, 1.54) is 65.8 Å². The third kappa shape index (κ3) is 16.1. The molecule has 6 amide bonds. The van der Waals surface area contributed by atoms with Crippen molar-refractivity contribution in [3.63, 3.8) is 0 Å². The van der Waals surface area contributed by atoms with Gasteiger partial charge in [0.1, 0.15) is 41.9 Å². The van der Waals surface area contributed by atoms with Crippen molar-refractivity contribution in [2.45, 2.75) is 84.1 Å². The zero-order chi connectivity index (χ0) is 53.7. The Morgan fingerprint density at radius 3 is 1.39 bits per heavy atom. The van der Waals surface area contributed by atoms with Crippen LogP contribution in [0.15, 0.2) is 73.7 Å². The van der Waals surface area contributed by atoms with Crippen LogP contribution in [0.4, 0.5) is 44.6 Å². The SMILES string of the molecule is C=CB1OC(C)(C)C(C)(C)O1.C=Cc1ccc(N2C[C@H](CNC(C)=O)OC2=O)cc1F.CC(=O)NC[C@H]1CN(c2ccc(C(O)CO)c(F)c2)C(=O)O1.CC(=O)NC[C@H]1CN(c2ccc(I)c(F)c2)C(=O)O1. The summed E-state index contributed by atoms with van der Waals surface area (Å²) in [6.45, 7) is 20.2. The molecular formula is C48H59BF3IN6O13. The van der Waals surface area contributed by atoms with Crippen molar-refractivity contribution in [3.8, 4) is 0 Å². The van der Waals surface area contributed by atoms with Gasteiger partial charge in [-0.2, -0.15) is 0 Å². The number of halogens is 4. The molecule has 0 bridgehead atoms. The fourth-order valence-corrected chi connectivity index (χ4v) is 7.16. The summed E-state index contributed by atoms with van der Waals surface area (Å²) in [4.78, 5) is 71.6. The maximum absolute atomic E-state index is 13.9. The van der Waals surface area contributed by atoms with Gasteiger partial charge < -0.3 is 49.7 Å². The first-order valence-corrected chi connectivity index (χ1v) is 23.5. The lowest BCUT2D eigenvalue weighted by Gasteiger charge is -2.32. The first-order chi connectivity index (χ1) is 33.8. The summed E-state index contributed by atoms with van der Waals surface area (Å²) in [5.41, 5.74) is 1.01. The Morgan fingerprint density at radius 2 is 1.07 bits per heavy atom. The highest BCUT2D eigenvalue weighted by atomic mass is 127. The van der Waals surface area contributed by atoms with Crippen LogP contribution in [0.1, 0.15) is 65.7 Å². The first-order valence-electron chi connectivity index (χ1n) is 22.4. The van der Waals surface area contributed by atoms with E-state index in [0.29, 0.717) is 27.1 Å². The third-order valence-electron chi connectivity index (χ3n) is 11.4. The topological polar surface area (TPSA) is 235 Å². The molecule has 4 heterocycles. The van der Waals surface area contributed by atoms with Crippen molar-refractivity contribution in [1.29, 1.82) is 0 Å². The van der Waals surface area contributed by atoms with Gasteiger partial charge in [-0.05, 0) is 98.8 Å². The molecule has 4 fully saturated rings. The molecule has 1 unspecified atom stereocenters. The molecule has 5 N–H and O–H groups in total. The number of benzene rings is 3. The first kappa shape index (κ1) is 58.4. The lowest BCUT2D eigenvalue weighted by Crippen LogP contribution is -2.41. The van der Waals surface area contributed by atoms with Crippen LogP contribution in [0.5, 0.6) is 0 Å². The van der Waals surface area contributed by atoms with Gasteiger partial charge in [-0.15, -0.1) is 6.58 Å². The number of ether oxygens (including phenoxy) is 3. The average Bonchev–Trinajstić information content (AvgIpc) is 4.06. The zero-order valence-electron chi connectivity index (χ0n) is 40.8. The van der Waals surface area contributed by atoms with E-state index in [9.17, 15) is 47.0 Å². The van der Waals surface area contributed by atoms with Crippen molar-refractivity contribution in [3.05, 3.63) is 106 Å². The van der Waals surface area contributed by atoms with Gasteiger partial charge in [-0.3, -0.25) is 29.1 Å². The van der Waals surface area contributed by atoms with Gasteiger partial charge in [-0.1, -0.05) is 24.7 Å². The van der Waals surface area contributed by atoms with Gasteiger partial charge in [-0.25, -0.2) is 27.6 Å². The summed E-state index contributed by atoms with van der Waals surface area (Å²) in [6, 6.07) is 12.8. The van der Waals surface area contributed by atoms with Gasteiger partial charge >= 0.3 is 25.4 Å². The number of anilines is 3. The van der Waals surface area contributed by atoms with Crippen LogP contribution in [0.25, 0.3) is 6.08 Å². The Kier molecular flexibility index (Phi) is 21.0. The molecule has 3 aromatic carbocycles. The number of aliphatic hydroxyl groups is 2. The van der Waals surface area contributed by atoms with Crippen LogP contribution in [-0.4, -0.2) is 129 Å². The normalized spacial score (nSPS) is 19.7. The molecule has 0 aliphatic carbocycles. The molecule has 4 aliphatic rings. The molecule has 24 heteroatoms. The highest BCUT2D eigenvalue weighted by Crippen LogP contribution is 2.37. The molecule has 4 atom stereocenters. The number of hydrogen-bond acceptors (Lipinski definition) is 13. The second-order valence-corrected chi connectivity index (χ2v) is 18.6. The van der Waals surface area contributed by atoms with E-state index in [2.05, 4.69) is 29.1 Å². The minimum absolute atomic E-state index is 0.0476. The molecular weight excluding hydrogens is 1060 g/mol. The van der Waals surface area contributed by atoms with E-state index in [1.807, 2.05) is 50.3 Å². The molecule has 0 radical (unpaired) electrons. The molecule has 19 nitrogen and oxygen atoms in total. The Hall–Kier alpha value is -6.22. The molecule has 4 aliphatic heterocycles. The summed E-state index contributed by atoms with van der Waals surface area (Å²) in [7, 11) is -0.250. The van der Waals surface area contributed by atoms with Crippen molar-refractivity contribution < 1.29 is 75.7 Å². The summed E-state index contributed by atoms with van der Waals surface area (Å²) in [5, 5.41) is 26.0. The van der Waals surface area contributed by atoms with Crippen molar-refractivity contribution >= 4 is 88.8 Å². The summed E-state index contributed by atoms with van der Waals surface area (Å²) in [6.07, 6.45) is -2.99. The second kappa shape index (κ2) is 25.9. The summed E-state index contributed by atoms with van der Waals surface area (Å²) < 4.78 is 68.0. The third-order valence-corrected chi connectivity index (χ3v) is 12.3. The molecule has 0 saturated carbocycles. The lowest BCUT2D eigenvalue weighted by atomic mass is 9.90. The van der Waals surface area contributed by atoms with E-state index in [1.54, 1.807) is 30.2 Å². The second-order valence-electron chi connectivity index (χ2n) is 17.4. The van der Waals surface area contributed by atoms with Gasteiger partial charge in [0.25, 0.3) is 0 Å². The highest BCUT2D eigenvalue weighted by molar-refractivity contribution is 14.1. The number of carbonyl (C=O) groups excluding carboxylic acids is 6. The number of rotatable bonds is 13. The summed E-state index contributed by atoms with van der Waals surface area (Å²) >= 11 is 1.88. The van der Waals surface area contributed by atoms with E-state index in [4.69, 9.17) is 28.6 Å². The standard InChI is InChI=1S/C14H17FN2O5.C14H15FN2O3.C12H12FIN2O3.C8H15BO2/c1-8(19)16-5-10-6-17(14(21)22-10)9-2-3-11(12(15)4-9)13(20)7-18;1-3-10-4-5-11(6-13(10)15)17-8-12(20-14(17)19)7-16-9(2)18;1-7(17)15-5-9-6-16(12(18)19-9)8-2-3-11(14)10(13)4-8;1-6-9-10-7(2,3)8(4,5)11-9/h2-4,10,13,18,20H,5-7H2,1H3,(H,16,19);3-6,12H,1,7-8H2,2H3,(H,16,18);2-4,9H,5-6H2,1H3,(H,15,17);6H,1H2,2-5H3/t10-,13?;12-;9-;/m000./s1. The number of aliphatic hydroxyl groups excluding tert-OH is 2. The smallest absolute Gasteiger partial charge is 0.442 e. The van der Waals surface area contributed by atoms with Crippen LogP contribution >= 0.6 is 22.6 Å². The number of amides is 6. The van der Waals surface area contributed by atoms with Gasteiger partial charge in [0.15, 0.2) is 0 Å². The fraction of sp³-hybridized carbons (Fsp3) is 0.417. The van der Waals surface area contributed by atoms with Crippen molar-refractivity contribution in [2.24, 2.45) is 0 Å². The van der Waals surface area contributed by atoms with Gasteiger partial charge in [0.05, 0.1) is 74.1 Å². The Labute approximate surface area is 429 Å². The largest absolute Gasteiger partial charge is 0.486 e. The van der Waals surface area contributed by atoms with E-state index < -0.39 is 60.9 Å². The van der Waals surface area contributed by atoms with Gasteiger partial charge in [0.2, 0.25) is 17.7 Å². The Bertz CT molecular complexity index is 2470. The number of hydrogen-bond donors (Lipinski definition) is 5. The molecule has 7 rings (SSSR count). The van der Waals surface area contributed by atoms with Crippen molar-refractivity contribution in [1.82, 2.24) is 16.0 Å². The predicted octanol–water partition coefficient (Wildman–Crippen LogP) is 5.94. The molecule has 0 aromatic heterocycles. The number of carbonyl (C=O) groups is 6. The molecule has 4 saturated heterocycles. The Balaban J connectivity index is 0.000000213. The van der Waals surface area contributed by atoms with Crippen LogP contribution in [0, 0.1) is 21.0 Å². The summed E-state index contributed by atoms with van der Waals surface area (Å²) in [5.74, 6) is -0.487. The van der Waals surface area contributed by atoms with Crippen LogP contribution in [0.3, 0.4) is 0 Å². The highest BCUT2D eigenvalue weighted by Gasteiger charge is 2.49. The molecule has 390 valence electrons. The fourth-order valence-electron chi connectivity index (χ4n) is 6.83. The number of nitrogens with zero attached hydrogens (tertiary/aromatic N) is 3. The zero-order valence-corrected chi connectivity index (χ0v) is 43.0. The maximum atomic E-state index is 13.9. The molecule has 0 spiro atoms. The molecule has 3 aromatic rings. The molecule has 72 heavy (non-hydrogen) atoms. The van der Waals surface area contributed by atoms with E-state index >= 15 is 0 Å². The number of nitrogens with one attached hydrogen (secondary N) is 3. The lowest BCUT2D eigenvalue weighted by molar-refractivity contribution is -0.120. The maximum Gasteiger partial charge on any atom is 0.486 e. The Morgan fingerprint density at radius 1 is 0.694 bits per heavy atom. The van der Waals surface area contributed by atoms with E-state index in [0.717, 1.165) is 6.07 Å². The minimum Gasteiger partial charge on any atom is -0.442 e. The van der Waals surface area contributed by atoms with Gasteiger partial charge in [0, 0.05) is 35.5 Å². The average molecular weight is 1120 g/mol. The minimum atomic E-state index is -1.31. The van der Waals surface area contributed by atoms with Crippen LogP contribution in [0.2, 0.25) is 0 Å². The van der Waals surface area contributed by atoms with E-state index in [-0.39, 0.29) is 85.8 Å². The van der Waals surface area contributed by atoms with Crippen LogP contribution in [-0.2, 0) is 37.9 Å².